The number of para-hydroxylation sites is 1. The number of fused-ring (bicyclic) bond motifs is 1. The standard InChI is InChI=1S/C17H12Cl2N2O3/c1-2-24-17(23)15-20-13-6-4-3-5-11(13)16(22)21(15)14-8-7-10(18)9-12(14)19/h3-9H,2H2,1H3. The Morgan fingerprint density at radius 3 is 2.67 bits per heavy atom. The molecule has 1 aromatic heterocycles. The molecule has 24 heavy (non-hydrogen) atoms. The van der Waals surface area contributed by atoms with E-state index in [4.69, 9.17) is 27.9 Å². The lowest BCUT2D eigenvalue weighted by molar-refractivity contribution is 0.0508. The third-order valence-electron chi connectivity index (χ3n) is 3.38. The third-order valence-corrected chi connectivity index (χ3v) is 3.92. The Hall–Kier alpha value is -2.37. The van der Waals surface area contributed by atoms with Crippen LogP contribution in [0, 0.1) is 0 Å². The molecule has 0 saturated heterocycles. The van der Waals surface area contributed by atoms with E-state index in [1.807, 2.05) is 0 Å². The van der Waals surface area contributed by atoms with Gasteiger partial charge in [0.05, 0.1) is 28.2 Å². The van der Waals surface area contributed by atoms with E-state index in [0.717, 1.165) is 4.57 Å². The molecule has 0 bridgehead atoms. The van der Waals surface area contributed by atoms with Gasteiger partial charge in [0.15, 0.2) is 0 Å². The second kappa shape index (κ2) is 6.63. The average molecular weight is 363 g/mol. The van der Waals surface area contributed by atoms with Crippen molar-refractivity contribution in [2.45, 2.75) is 6.92 Å². The summed E-state index contributed by atoms with van der Waals surface area (Å²) in [5.41, 5.74) is 0.312. The van der Waals surface area contributed by atoms with E-state index < -0.39 is 11.5 Å². The summed E-state index contributed by atoms with van der Waals surface area (Å²) in [5, 5.41) is 1.02. The van der Waals surface area contributed by atoms with Gasteiger partial charge in [0.2, 0.25) is 5.82 Å². The fraction of sp³-hybridized carbons (Fsp3) is 0.118. The first-order chi connectivity index (χ1) is 11.5. The topological polar surface area (TPSA) is 61.2 Å². The van der Waals surface area contributed by atoms with Crippen molar-refractivity contribution in [2.24, 2.45) is 0 Å². The van der Waals surface area contributed by atoms with Crippen LogP contribution in [0.2, 0.25) is 10.0 Å². The fourth-order valence-corrected chi connectivity index (χ4v) is 2.84. The number of aromatic nitrogens is 2. The minimum Gasteiger partial charge on any atom is -0.460 e. The van der Waals surface area contributed by atoms with Crippen LogP contribution < -0.4 is 5.56 Å². The number of nitrogens with zero attached hydrogens (tertiary/aromatic N) is 2. The first kappa shape index (κ1) is 16.5. The molecule has 5 nitrogen and oxygen atoms in total. The fourth-order valence-electron chi connectivity index (χ4n) is 2.35. The van der Waals surface area contributed by atoms with Crippen molar-refractivity contribution in [1.29, 1.82) is 0 Å². The predicted octanol–water partition coefficient (Wildman–Crippen LogP) is 3.87. The average Bonchev–Trinajstić information content (AvgIpc) is 2.56. The van der Waals surface area contributed by atoms with Crippen LogP contribution in [0.25, 0.3) is 16.6 Å². The molecule has 0 aliphatic carbocycles. The Bertz CT molecular complexity index is 999. The van der Waals surface area contributed by atoms with E-state index >= 15 is 0 Å². The molecule has 122 valence electrons. The molecule has 0 amide bonds. The quantitative estimate of drug-likeness (QED) is 0.663. The Balaban J connectivity index is 2.39. The number of hydrogen-bond acceptors (Lipinski definition) is 4. The van der Waals surface area contributed by atoms with Crippen molar-refractivity contribution in [3.8, 4) is 5.69 Å². The molecule has 0 saturated carbocycles. The second-order valence-electron chi connectivity index (χ2n) is 4.91. The van der Waals surface area contributed by atoms with E-state index in [0.29, 0.717) is 21.6 Å². The zero-order chi connectivity index (χ0) is 17.3. The van der Waals surface area contributed by atoms with Crippen LogP contribution in [0.5, 0.6) is 0 Å². The highest BCUT2D eigenvalue weighted by Gasteiger charge is 2.21. The maximum Gasteiger partial charge on any atom is 0.375 e. The number of ether oxygens (including phenoxy) is 1. The molecule has 0 fully saturated rings. The summed E-state index contributed by atoms with van der Waals surface area (Å²) in [6, 6.07) is 11.4. The van der Waals surface area contributed by atoms with E-state index in [-0.39, 0.29) is 17.5 Å². The Labute approximate surface area is 147 Å². The maximum absolute atomic E-state index is 12.9. The number of carbonyl (C=O) groups is 1. The van der Waals surface area contributed by atoms with Crippen LogP contribution >= 0.6 is 23.2 Å². The number of esters is 1. The summed E-state index contributed by atoms with van der Waals surface area (Å²) in [7, 11) is 0. The van der Waals surface area contributed by atoms with Crippen LogP contribution in [0.15, 0.2) is 47.3 Å². The first-order valence-corrected chi connectivity index (χ1v) is 7.93. The van der Waals surface area contributed by atoms with Gasteiger partial charge >= 0.3 is 5.97 Å². The number of carbonyl (C=O) groups excluding carboxylic acids is 1. The van der Waals surface area contributed by atoms with Crippen LogP contribution in [-0.2, 0) is 4.74 Å². The highest BCUT2D eigenvalue weighted by molar-refractivity contribution is 6.35. The van der Waals surface area contributed by atoms with Crippen molar-refractivity contribution in [2.75, 3.05) is 6.61 Å². The van der Waals surface area contributed by atoms with Gasteiger partial charge in [-0.3, -0.25) is 9.36 Å². The molecule has 3 aromatic rings. The molecule has 3 rings (SSSR count). The molecule has 7 heteroatoms. The molecule has 1 heterocycles. The lowest BCUT2D eigenvalue weighted by Gasteiger charge is -2.14. The summed E-state index contributed by atoms with van der Waals surface area (Å²) in [6.07, 6.45) is 0. The highest BCUT2D eigenvalue weighted by atomic mass is 35.5. The highest BCUT2D eigenvalue weighted by Crippen LogP contribution is 2.25. The summed E-state index contributed by atoms with van der Waals surface area (Å²) < 4.78 is 6.18. The summed E-state index contributed by atoms with van der Waals surface area (Å²) >= 11 is 12.1. The van der Waals surface area contributed by atoms with Crippen LogP contribution in [0.1, 0.15) is 17.5 Å². The molecule has 0 atom stereocenters. The Morgan fingerprint density at radius 1 is 1.21 bits per heavy atom. The van der Waals surface area contributed by atoms with E-state index in [1.165, 1.54) is 6.07 Å². The number of hydrogen-bond donors (Lipinski definition) is 0. The normalized spacial score (nSPS) is 10.8. The minimum absolute atomic E-state index is 0.134. The maximum atomic E-state index is 12.9. The van der Waals surface area contributed by atoms with Crippen molar-refractivity contribution >= 4 is 40.1 Å². The molecular formula is C17H12Cl2N2O3. The van der Waals surface area contributed by atoms with Gasteiger partial charge in [0.1, 0.15) is 0 Å². The Morgan fingerprint density at radius 2 is 1.96 bits per heavy atom. The van der Waals surface area contributed by atoms with Gasteiger partial charge in [-0.1, -0.05) is 35.3 Å². The van der Waals surface area contributed by atoms with Gasteiger partial charge in [-0.15, -0.1) is 0 Å². The smallest absolute Gasteiger partial charge is 0.375 e. The first-order valence-electron chi connectivity index (χ1n) is 7.17. The number of rotatable bonds is 3. The van der Waals surface area contributed by atoms with Gasteiger partial charge < -0.3 is 4.74 Å². The van der Waals surface area contributed by atoms with Gasteiger partial charge in [0, 0.05) is 5.02 Å². The molecule has 0 radical (unpaired) electrons. The molecule has 0 unspecified atom stereocenters. The van der Waals surface area contributed by atoms with Crippen LogP contribution in [-0.4, -0.2) is 22.1 Å². The van der Waals surface area contributed by atoms with Crippen molar-refractivity contribution in [1.82, 2.24) is 9.55 Å². The minimum atomic E-state index is -0.702. The molecular weight excluding hydrogens is 351 g/mol. The van der Waals surface area contributed by atoms with Gasteiger partial charge in [-0.2, -0.15) is 0 Å². The number of benzene rings is 2. The van der Waals surface area contributed by atoms with Gasteiger partial charge in [0.25, 0.3) is 5.56 Å². The largest absolute Gasteiger partial charge is 0.460 e. The lowest BCUT2D eigenvalue weighted by Crippen LogP contribution is -2.27. The van der Waals surface area contributed by atoms with Crippen molar-refractivity contribution in [3.05, 3.63) is 68.7 Å². The van der Waals surface area contributed by atoms with Crippen LogP contribution in [0.3, 0.4) is 0 Å². The van der Waals surface area contributed by atoms with Gasteiger partial charge in [-0.05, 0) is 37.3 Å². The second-order valence-corrected chi connectivity index (χ2v) is 5.75. The number of halogens is 2. The van der Waals surface area contributed by atoms with E-state index in [1.54, 1.807) is 43.3 Å². The molecule has 2 aromatic carbocycles. The van der Waals surface area contributed by atoms with Crippen LogP contribution in [0.4, 0.5) is 0 Å². The third kappa shape index (κ3) is 2.88. The zero-order valence-corrected chi connectivity index (χ0v) is 14.1. The summed E-state index contributed by atoms with van der Waals surface area (Å²) in [6.45, 7) is 1.84. The van der Waals surface area contributed by atoms with Crippen molar-refractivity contribution in [3.63, 3.8) is 0 Å². The van der Waals surface area contributed by atoms with Crippen molar-refractivity contribution < 1.29 is 9.53 Å². The SMILES string of the molecule is CCOC(=O)c1nc2ccccc2c(=O)n1-c1ccc(Cl)cc1Cl. The Kier molecular flexibility index (Phi) is 4.55. The summed E-state index contributed by atoms with van der Waals surface area (Å²) in [5.74, 6) is -0.837. The molecule has 0 N–H and O–H groups in total. The monoisotopic (exact) mass is 362 g/mol. The lowest BCUT2D eigenvalue weighted by atomic mass is 10.2. The zero-order valence-electron chi connectivity index (χ0n) is 12.6. The van der Waals surface area contributed by atoms with E-state index in [9.17, 15) is 9.59 Å². The van der Waals surface area contributed by atoms with E-state index in [2.05, 4.69) is 4.98 Å². The molecule has 0 aliphatic heterocycles. The van der Waals surface area contributed by atoms with Gasteiger partial charge in [-0.25, -0.2) is 9.78 Å². The molecule has 0 aliphatic rings. The predicted molar refractivity (Wildman–Crippen MR) is 93.3 cm³/mol. The molecule has 0 spiro atoms. The summed E-state index contributed by atoms with van der Waals surface area (Å²) in [4.78, 5) is 29.5.